The van der Waals surface area contributed by atoms with Gasteiger partial charge in [-0.15, -0.1) is 0 Å². The van der Waals surface area contributed by atoms with E-state index in [-0.39, 0.29) is 12.6 Å². The number of methoxy groups -OCH3 is 1. The van der Waals surface area contributed by atoms with Crippen LogP contribution >= 0.6 is 11.3 Å². The fourth-order valence-corrected chi connectivity index (χ4v) is 2.67. The van der Waals surface area contributed by atoms with Gasteiger partial charge in [-0.25, -0.2) is 4.98 Å². The standard InChI is InChI=1S/C12H14N2O2S/c1-8-5-4-6-10-11(8)13-12(17-10)14(7-16-3)9(2)15/h4-6H,7H2,1-3H3. The molecule has 0 aliphatic heterocycles. The van der Waals surface area contributed by atoms with Crippen LogP contribution in [0.1, 0.15) is 12.5 Å². The Morgan fingerprint density at radius 3 is 2.88 bits per heavy atom. The van der Waals surface area contributed by atoms with Gasteiger partial charge in [-0.05, 0) is 18.6 Å². The molecule has 0 saturated heterocycles. The summed E-state index contributed by atoms with van der Waals surface area (Å²) in [5.74, 6) is -0.0661. The molecule has 1 aromatic heterocycles. The number of para-hydroxylation sites is 1. The number of hydrogen-bond donors (Lipinski definition) is 0. The number of ether oxygens (including phenoxy) is 1. The molecule has 0 radical (unpaired) electrons. The van der Waals surface area contributed by atoms with E-state index in [4.69, 9.17) is 4.74 Å². The summed E-state index contributed by atoms with van der Waals surface area (Å²) in [5, 5.41) is 0.684. The van der Waals surface area contributed by atoms with Crippen molar-refractivity contribution >= 4 is 32.6 Å². The largest absolute Gasteiger partial charge is 0.364 e. The van der Waals surface area contributed by atoms with Crippen molar-refractivity contribution in [2.24, 2.45) is 0 Å². The minimum Gasteiger partial charge on any atom is -0.364 e. The maximum absolute atomic E-state index is 11.5. The molecule has 90 valence electrons. The molecule has 2 aromatic rings. The van der Waals surface area contributed by atoms with Crippen molar-refractivity contribution in [3.05, 3.63) is 23.8 Å². The number of amides is 1. The second kappa shape index (κ2) is 4.81. The average Bonchev–Trinajstić information content (AvgIpc) is 2.70. The molecule has 0 aliphatic rings. The first kappa shape index (κ1) is 12.0. The number of aryl methyl sites for hydroxylation is 1. The van der Waals surface area contributed by atoms with Gasteiger partial charge < -0.3 is 4.74 Å². The molecular formula is C12H14N2O2S. The molecule has 0 fully saturated rings. The lowest BCUT2D eigenvalue weighted by atomic mass is 10.2. The number of carbonyl (C=O) groups is 1. The molecule has 0 saturated carbocycles. The summed E-state index contributed by atoms with van der Waals surface area (Å²) in [7, 11) is 1.56. The van der Waals surface area contributed by atoms with Gasteiger partial charge in [0.05, 0.1) is 10.2 Å². The predicted octanol–water partition coefficient (Wildman–Crippen LogP) is 2.56. The van der Waals surface area contributed by atoms with E-state index < -0.39 is 0 Å². The third kappa shape index (κ3) is 2.30. The molecule has 0 aliphatic carbocycles. The minimum absolute atomic E-state index is 0.0661. The van der Waals surface area contributed by atoms with Crippen molar-refractivity contribution in [2.45, 2.75) is 13.8 Å². The normalized spacial score (nSPS) is 10.8. The van der Waals surface area contributed by atoms with Crippen molar-refractivity contribution in [2.75, 3.05) is 18.7 Å². The summed E-state index contributed by atoms with van der Waals surface area (Å²) in [6.45, 7) is 3.76. The van der Waals surface area contributed by atoms with Gasteiger partial charge in [0.25, 0.3) is 0 Å². The van der Waals surface area contributed by atoms with E-state index in [1.807, 2.05) is 25.1 Å². The van der Waals surface area contributed by atoms with Crippen LogP contribution in [0.2, 0.25) is 0 Å². The molecule has 2 rings (SSSR count). The molecule has 4 nitrogen and oxygen atoms in total. The van der Waals surface area contributed by atoms with Gasteiger partial charge in [-0.2, -0.15) is 0 Å². The summed E-state index contributed by atoms with van der Waals surface area (Å²) >= 11 is 1.50. The minimum atomic E-state index is -0.0661. The number of thiazole rings is 1. The van der Waals surface area contributed by atoms with E-state index in [2.05, 4.69) is 4.98 Å². The fourth-order valence-electron chi connectivity index (χ4n) is 1.60. The van der Waals surface area contributed by atoms with Crippen LogP contribution < -0.4 is 4.90 Å². The number of aromatic nitrogens is 1. The maximum Gasteiger partial charge on any atom is 0.227 e. The predicted molar refractivity (Wildman–Crippen MR) is 69.4 cm³/mol. The fraction of sp³-hybridized carbons (Fsp3) is 0.333. The molecule has 0 N–H and O–H groups in total. The lowest BCUT2D eigenvalue weighted by molar-refractivity contribution is -0.117. The van der Waals surface area contributed by atoms with Gasteiger partial charge >= 0.3 is 0 Å². The van der Waals surface area contributed by atoms with Crippen LogP contribution in [-0.4, -0.2) is 24.7 Å². The van der Waals surface area contributed by atoms with Crippen molar-refractivity contribution in [1.29, 1.82) is 0 Å². The topological polar surface area (TPSA) is 42.4 Å². The summed E-state index contributed by atoms with van der Waals surface area (Å²) < 4.78 is 6.10. The first-order chi connectivity index (χ1) is 8.13. The molecule has 0 bridgehead atoms. The quantitative estimate of drug-likeness (QED) is 0.786. The van der Waals surface area contributed by atoms with Gasteiger partial charge in [0.15, 0.2) is 5.13 Å². The molecule has 17 heavy (non-hydrogen) atoms. The van der Waals surface area contributed by atoms with Crippen molar-refractivity contribution in [3.63, 3.8) is 0 Å². The Hall–Kier alpha value is -1.46. The highest BCUT2D eigenvalue weighted by Crippen LogP contribution is 2.30. The number of fused-ring (bicyclic) bond motifs is 1. The Bertz CT molecular complexity index is 550. The number of anilines is 1. The lowest BCUT2D eigenvalue weighted by Crippen LogP contribution is -2.30. The Morgan fingerprint density at radius 2 is 2.29 bits per heavy atom. The zero-order valence-electron chi connectivity index (χ0n) is 10.1. The SMILES string of the molecule is COCN(C(C)=O)c1nc2c(C)cccc2s1. The Kier molecular flexibility index (Phi) is 3.40. The van der Waals surface area contributed by atoms with Crippen molar-refractivity contribution in [3.8, 4) is 0 Å². The molecule has 0 atom stereocenters. The summed E-state index contributed by atoms with van der Waals surface area (Å²) in [5.41, 5.74) is 2.07. The molecule has 0 spiro atoms. The first-order valence-electron chi connectivity index (χ1n) is 5.26. The molecule has 1 heterocycles. The van der Waals surface area contributed by atoms with E-state index in [1.54, 1.807) is 7.11 Å². The van der Waals surface area contributed by atoms with Crippen LogP contribution in [-0.2, 0) is 9.53 Å². The van der Waals surface area contributed by atoms with E-state index in [0.29, 0.717) is 5.13 Å². The Balaban J connectivity index is 2.47. The van der Waals surface area contributed by atoms with Crippen LogP contribution in [0.3, 0.4) is 0 Å². The van der Waals surface area contributed by atoms with Crippen LogP contribution in [0.25, 0.3) is 10.2 Å². The van der Waals surface area contributed by atoms with E-state index in [0.717, 1.165) is 15.8 Å². The van der Waals surface area contributed by atoms with Gasteiger partial charge in [-0.3, -0.25) is 9.69 Å². The number of benzene rings is 1. The smallest absolute Gasteiger partial charge is 0.227 e. The van der Waals surface area contributed by atoms with E-state index >= 15 is 0 Å². The van der Waals surface area contributed by atoms with Crippen LogP contribution in [0.5, 0.6) is 0 Å². The average molecular weight is 250 g/mol. The molecule has 0 unspecified atom stereocenters. The van der Waals surface area contributed by atoms with Crippen LogP contribution in [0.15, 0.2) is 18.2 Å². The second-order valence-electron chi connectivity index (χ2n) is 3.78. The highest BCUT2D eigenvalue weighted by atomic mass is 32.1. The Morgan fingerprint density at radius 1 is 1.53 bits per heavy atom. The van der Waals surface area contributed by atoms with E-state index in [1.165, 1.54) is 23.2 Å². The number of rotatable bonds is 3. The van der Waals surface area contributed by atoms with Crippen molar-refractivity contribution < 1.29 is 9.53 Å². The summed E-state index contributed by atoms with van der Waals surface area (Å²) in [4.78, 5) is 17.5. The lowest BCUT2D eigenvalue weighted by Gasteiger charge is -2.15. The highest BCUT2D eigenvalue weighted by molar-refractivity contribution is 7.22. The third-order valence-electron chi connectivity index (χ3n) is 2.48. The number of carbonyl (C=O) groups excluding carboxylic acids is 1. The summed E-state index contributed by atoms with van der Waals surface area (Å²) in [6, 6.07) is 6.02. The van der Waals surface area contributed by atoms with Crippen molar-refractivity contribution in [1.82, 2.24) is 4.98 Å². The second-order valence-corrected chi connectivity index (χ2v) is 4.79. The molecule has 1 aromatic carbocycles. The number of hydrogen-bond acceptors (Lipinski definition) is 4. The molecular weight excluding hydrogens is 236 g/mol. The maximum atomic E-state index is 11.5. The van der Waals surface area contributed by atoms with Crippen LogP contribution in [0, 0.1) is 6.92 Å². The van der Waals surface area contributed by atoms with Crippen LogP contribution in [0.4, 0.5) is 5.13 Å². The van der Waals surface area contributed by atoms with Gasteiger partial charge in [0, 0.05) is 14.0 Å². The number of nitrogens with zero attached hydrogens (tertiary/aromatic N) is 2. The third-order valence-corrected chi connectivity index (χ3v) is 3.52. The first-order valence-corrected chi connectivity index (χ1v) is 6.08. The van der Waals surface area contributed by atoms with Gasteiger partial charge in [0.2, 0.25) is 5.91 Å². The Labute approximate surface area is 104 Å². The molecule has 5 heteroatoms. The van der Waals surface area contributed by atoms with Gasteiger partial charge in [-0.1, -0.05) is 23.5 Å². The summed E-state index contributed by atoms with van der Waals surface area (Å²) in [6.07, 6.45) is 0. The zero-order chi connectivity index (χ0) is 12.4. The monoisotopic (exact) mass is 250 g/mol. The highest BCUT2D eigenvalue weighted by Gasteiger charge is 2.16. The zero-order valence-corrected chi connectivity index (χ0v) is 10.9. The van der Waals surface area contributed by atoms with E-state index in [9.17, 15) is 4.79 Å². The van der Waals surface area contributed by atoms with Gasteiger partial charge in [0.1, 0.15) is 6.73 Å². The molecule has 1 amide bonds.